The second-order valence-corrected chi connectivity index (χ2v) is 7.63. The molecule has 1 atom stereocenters. The van der Waals surface area contributed by atoms with Crippen molar-refractivity contribution in [3.63, 3.8) is 0 Å². The number of benzene rings is 1. The van der Waals surface area contributed by atoms with Crippen LogP contribution in [0.5, 0.6) is 5.75 Å². The lowest BCUT2D eigenvalue weighted by atomic mass is 10.0. The smallest absolute Gasteiger partial charge is 0.251 e. The summed E-state index contributed by atoms with van der Waals surface area (Å²) in [5.74, 6) is -0.280. The number of alkyl halides is 2. The van der Waals surface area contributed by atoms with Crippen molar-refractivity contribution in [2.24, 2.45) is 5.92 Å². The predicted octanol–water partition coefficient (Wildman–Crippen LogP) is 2.55. The maximum atomic E-state index is 12.6. The zero-order valence-electron chi connectivity index (χ0n) is 15.7. The van der Waals surface area contributed by atoms with E-state index in [9.17, 15) is 18.4 Å². The molecule has 0 aliphatic carbocycles. The number of halogens is 3. The van der Waals surface area contributed by atoms with Crippen molar-refractivity contribution in [3.8, 4) is 5.75 Å². The number of rotatable bonds is 6. The Hall–Kier alpha value is -1.93. The van der Waals surface area contributed by atoms with Crippen LogP contribution in [0.4, 0.5) is 14.5 Å². The van der Waals surface area contributed by atoms with Gasteiger partial charge in [-0.2, -0.15) is 0 Å². The molecule has 1 aromatic rings. The van der Waals surface area contributed by atoms with Crippen molar-refractivity contribution in [2.45, 2.75) is 31.7 Å². The van der Waals surface area contributed by atoms with E-state index in [0.29, 0.717) is 42.4 Å². The zero-order chi connectivity index (χ0) is 20.3. The van der Waals surface area contributed by atoms with E-state index in [1.807, 2.05) is 0 Å². The number of anilines is 1. The molecule has 1 unspecified atom stereocenters. The van der Waals surface area contributed by atoms with Gasteiger partial charge in [-0.1, -0.05) is 11.6 Å². The summed E-state index contributed by atoms with van der Waals surface area (Å²) >= 11 is 6.05. The first-order valence-corrected chi connectivity index (χ1v) is 9.70. The SMILES string of the molecule is COc1ccc(Cl)cc1N1CC(C(=O)NC2CCN(CC(F)F)CC2)CC1=O. The van der Waals surface area contributed by atoms with E-state index >= 15 is 0 Å². The maximum Gasteiger partial charge on any atom is 0.251 e. The normalized spacial score (nSPS) is 21.4. The summed E-state index contributed by atoms with van der Waals surface area (Å²) in [7, 11) is 1.51. The number of piperidine rings is 1. The molecule has 2 heterocycles. The average Bonchev–Trinajstić information content (AvgIpc) is 3.04. The van der Waals surface area contributed by atoms with Gasteiger partial charge in [0.1, 0.15) is 5.75 Å². The number of nitrogens with one attached hydrogen (secondary N) is 1. The van der Waals surface area contributed by atoms with Gasteiger partial charge in [-0.15, -0.1) is 0 Å². The number of likely N-dealkylation sites (tertiary alicyclic amines) is 1. The molecule has 0 radical (unpaired) electrons. The van der Waals surface area contributed by atoms with Crippen LogP contribution in [0.15, 0.2) is 18.2 Å². The second-order valence-electron chi connectivity index (χ2n) is 7.20. The largest absolute Gasteiger partial charge is 0.495 e. The minimum Gasteiger partial charge on any atom is -0.495 e. The van der Waals surface area contributed by atoms with Crippen LogP contribution in [0.3, 0.4) is 0 Å². The van der Waals surface area contributed by atoms with E-state index < -0.39 is 12.3 Å². The van der Waals surface area contributed by atoms with Gasteiger partial charge in [0.15, 0.2) is 0 Å². The summed E-state index contributed by atoms with van der Waals surface area (Å²) in [4.78, 5) is 28.3. The molecule has 0 aromatic heterocycles. The van der Waals surface area contributed by atoms with Crippen molar-refractivity contribution < 1.29 is 23.1 Å². The second kappa shape index (κ2) is 9.05. The third kappa shape index (κ3) is 4.91. The van der Waals surface area contributed by atoms with Crippen LogP contribution in [0.25, 0.3) is 0 Å². The van der Waals surface area contributed by atoms with E-state index in [1.54, 1.807) is 23.1 Å². The fourth-order valence-corrected chi connectivity index (χ4v) is 3.93. The van der Waals surface area contributed by atoms with Gasteiger partial charge < -0.3 is 15.0 Å². The minimum absolute atomic E-state index is 0.0497. The van der Waals surface area contributed by atoms with E-state index in [-0.39, 0.29) is 37.4 Å². The number of methoxy groups -OCH3 is 1. The third-order valence-electron chi connectivity index (χ3n) is 5.26. The molecule has 0 spiro atoms. The van der Waals surface area contributed by atoms with Crippen LogP contribution in [-0.2, 0) is 9.59 Å². The Morgan fingerprint density at radius 1 is 1.36 bits per heavy atom. The lowest BCUT2D eigenvalue weighted by Gasteiger charge is -2.32. The summed E-state index contributed by atoms with van der Waals surface area (Å²) in [6.07, 6.45) is -0.966. The number of nitrogens with zero attached hydrogens (tertiary/aromatic N) is 2. The zero-order valence-corrected chi connectivity index (χ0v) is 16.4. The van der Waals surface area contributed by atoms with E-state index in [4.69, 9.17) is 16.3 Å². The van der Waals surface area contributed by atoms with Crippen molar-refractivity contribution >= 4 is 29.1 Å². The minimum atomic E-state index is -2.34. The quantitative estimate of drug-likeness (QED) is 0.775. The van der Waals surface area contributed by atoms with Gasteiger partial charge in [-0.05, 0) is 31.0 Å². The standard InChI is InChI=1S/C19H24ClF2N3O3/c1-28-16-3-2-13(20)9-15(16)25-10-12(8-18(25)26)19(27)23-14-4-6-24(7-5-14)11-17(21)22/h2-3,9,12,14,17H,4-8,10-11H2,1H3,(H,23,27). The molecule has 2 saturated heterocycles. The molecular weight excluding hydrogens is 392 g/mol. The van der Waals surface area contributed by atoms with Crippen LogP contribution in [0.1, 0.15) is 19.3 Å². The molecule has 2 aliphatic heterocycles. The first kappa shape index (κ1) is 20.8. The van der Waals surface area contributed by atoms with E-state index in [0.717, 1.165) is 0 Å². The monoisotopic (exact) mass is 415 g/mol. The van der Waals surface area contributed by atoms with Crippen LogP contribution < -0.4 is 15.0 Å². The average molecular weight is 416 g/mol. The number of amides is 2. The maximum absolute atomic E-state index is 12.6. The Labute approximate surface area is 167 Å². The molecule has 2 aliphatic rings. The van der Waals surface area contributed by atoms with Crippen LogP contribution in [0, 0.1) is 5.92 Å². The molecule has 3 rings (SSSR count). The summed E-state index contributed by atoms with van der Waals surface area (Å²) in [5, 5.41) is 3.46. The molecule has 2 amide bonds. The van der Waals surface area contributed by atoms with Gasteiger partial charge in [0.05, 0.1) is 25.3 Å². The molecule has 0 saturated carbocycles. The van der Waals surface area contributed by atoms with Crippen molar-refractivity contribution in [1.29, 1.82) is 0 Å². The highest BCUT2D eigenvalue weighted by atomic mass is 35.5. The Balaban J connectivity index is 1.57. The van der Waals surface area contributed by atoms with Gasteiger partial charge >= 0.3 is 0 Å². The van der Waals surface area contributed by atoms with Gasteiger partial charge in [-0.3, -0.25) is 14.5 Å². The van der Waals surface area contributed by atoms with Gasteiger partial charge in [0.25, 0.3) is 6.43 Å². The van der Waals surface area contributed by atoms with E-state index in [1.165, 1.54) is 12.0 Å². The van der Waals surface area contributed by atoms with Crippen molar-refractivity contribution in [3.05, 3.63) is 23.2 Å². The highest BCUT2D eigenvalue weighted by Crippen LogP contribution is 2.35. The van der Waals surface area contributed by atoms with Gasteiger partial charge in [0, 0.05) is 37.1 Å². The van der Waals surface area contributed by atoms with Gasteiger partial charge in [0.2, 0.25) is 11.8 Å². The summed E-state index contributed by atoms with van der Waals surface area (Å²) < 4.78 is 30.2. The highest BCUT2D eigenvalue weighted by molar-refractivity contribution is 6.31. The van der Waals surface area contributed by atoms with E-state index in [2.05, 4.69) is 5.32 Å². The van der Waals surface area contributed by atoms with Crippen LogP contribution >= 0.6 is 11.6 Å². The predicted molar refractivity (Wildman–Crippen MR) is 102 cm³/mol. The summed E-state index contributed by atoms with van der Waals surface area (Å²) in [6, 6.07) is 4.96. The lowest BCUT2D eigenvalue weighted by molar-refractivity contribution is -0.127. The number of carbonyl (C=O) groups excluding carboxylic acids is 2. The molecule has 0 bridgehead atoms. The fourth-order valence-electron chi connectivity index (χ4n) is 3.76. The van der Waals surface area contributed by atoms with Crippen LogP contribution in [-0.4, -0.2) is 62.5 Å². The van der Waals surface area contributed by atoms with Crippen molar-refractivity contribution in [1.82, 2.24) is 10.2 Å². The number of carbonyl (C=O) groups is 2. The number of hydrogen-bond donors (Lipinski definition) is 1. The third-order valence-corrected chi connectivity index (χ3v) is 5.49. The molecule has 28 heavy (non-hydrogen) atoms. The Kier molecular flexibility index (Phi) is 6.72. The fraction of sp³-hybridized carbons (Fsp3) is 0.579. The molecule has 2 fully saturated rings. The Morgan fingerprint density at radius 2 is 2.07 bits per heavy atom. The van der Waals surface area contributed by atoms with Gasteiger partial charge in [-0.25, -0.2) is 8.78 Å². The number of hydrogen-bond acceptors (Lipinski definition) is 4. The Bertz CT molecular complexity index is 726. The lowest BCUT2D eigenvalue weighted by Crippen LogP contribution is -2.47. The highest BCUT2D eigenvalue weighted by Gasteiger charge is 2.37. The molecule has 9 heteroatoms. The molecule has 154 valence electrons. The topological polar surface area (TPSA) is 61.9 Å². The van der Waals surface area contributed by atoms with Crippen LogP contribution in [0.2, 0.25) is 5.02 Å². The number of ether oxygens (including phenoxy) is 1. The van der Waals surface area contributed by atoms with Crippen molar-refractivity contribution in [2.75, 3.05) is 38.2 Å². The molecule has 1 N–H and O–H groups in total. The first-order chi connectivity index (χ1) is 13.4. The summed E-state index contributed by atoms with van der Waals surface area (Å²) in [6.45, 7) is 1.09. The Morgan fingerprint density at radius 3 is 2.71 bits per heavy atom. The molecular formula is C19H24ClF2N3O3. The molecule has 1 aromatic carbocycles. The molecule has 6 nitrogen and oxygen atoms in total. The first-order valence-electron chi connectivity index (χ1n) is 9.32. The summed E-state index contributed by atoms with van der Waals surface area (Å²) in [5.41, 5.74) is 0.551.